The van der Waals surface area contributed by atoms with Gasteiger partial charge in [0.05, 0.1) is 11.4 Å². The predicted octanol–water partition coefficient (Wildman–Crippen LogP) is 2.32. The molecule has 118 valence electrons. The molecule has 1 unspecified atom stereocenters. The lowest BCUT2D eigenvalue weighted by Crippen LogP contribution is -2.16. The van der Waals surface area contributed by atoms with Gasteiger partial charge in [-0.1, -0.05) is 36.0 Å². The summed E-state index contributed by atoms with van der Waals surface area (Å²) in [6.07, 6.45) is 1.76. The molecule has 0 saturated heterocycles. The Hall–Kier alpha value is -2.48. The number of nitrogen functional groups attached to an aromatic ring is 1. The number of thioether (sulfide) groups is 1. The lowest BCUT2D eigenvalue weighted by Gasteiger charge is -2.14. The number of aromatic nitrogens is 5. The van der Waals surface area contributed by atoms with E-state index in [1.807, 2.05) is 45.3 Å². The van der Waals surface area contributed by atoms with Gasteiger partial charge >= 0.3 is 0 Å². The maximum atomic E-state index is 5.79. The molecule has 0 bridgehead atoms. The third-order valence-electron chi connectivity index (χ3n) is 3.25. The Morgan fingerprint density at radius 1 is 1.13 bits per heavy atom. The van der Waals surface area contributed by atoms with E-state index in [0.717, 1.165) is 15.8 Å². The number of nitrogens with two attached hydrogens (primary N) is 1. The second-order valence-electron chi connectivity index (χ2n) is 5.24. The first-order valence-electron chi connectivity index (χ1n) is 7.10. The van der Waals surface area contributed by atoms with Crippen LogP contribution < -0.4 is 10.6 Å². The first-order valence-corrected chi connectivity index (χ1v) is 7.98. The molecule has 1 atom stereocenters. The minimum absolute atomic E-state index is 0.0286. The maximum Gasteiger partial charge on any atom is 0.229 e. The zero-order valence-electron chi connectivity index (χ0n) is 13.1. The normalized spacial score (nSPS) is 12.3. The molecule has 8 heteroatoms. The molecule has 0 aliphatic heterocycles. The van der Waals surface area contributed by atoms with E-state index >= 15 is 0 Å². The average Bonchev–Trinajstić information content (AvgIpc) is 2.54. The number of hydrogen-bond acceptors (Lipinski definition) is 8. The van der Waals surface area contributed by atoms with Gasteiger partial charge in [-0.15, -0.1) is 5.10 Å². The van der Waals surface area contributed by atoms with Crippen LogP contribution >= 0.6 is 11.8 Å². The molecule has 2 heterocycles. The summed E-state index contributed by atoms with van der Waals surface area (Å²) in [5.74, 6) is 1.39. The summed E-state index contributed by atoms with van der Waals surface area (Å²) < 4.78 is 0. The smallest absolute Gasteiger partial charge is 0.229 e. The topological polar surface area (TPSA) is 93.7 Å². The molecule has 0 saturated carbocycles. The Morgan fingerprint density at radius 2 is 1.91 bits per heavy atom. The molecule has 1 aromatic carbocycles. The van der Waals surface area contributed by atoms with Crippen molar-refractivity contribution in [3.8, 4) is 0 Å². The van der Waals surface area contributed by atoms with Crippen LogP contribution in [0, 0.1) is 0 Å². The fourth-order valence-electron chi connectivity index (χ4n) is 2.09. The van der Waals surface area contributed by atoms with E-state index < -0.39 is 0 Å². The minimum Gasteiger partial charge on any atom is -0.368 e. The third-order valence-corrected chi connectivity index (χ3v) is 4.34. The third kappa shape index (κ3) is 3.31. The Kier molecular flexibility index (Phi) is 4.24. The average molecular weight is 327 g/mol. The van der Waals surface area contributed by atoms with Crippen molar-refractivity contribution in [1.82, 2.24) is 25.1 Å². The second-order valence-corrected chi connectivity index (χ2v) is 6.57. The lowest BCUT2D eigenvalue weighted by molar-refractivity contribution is 0.860. The molecule has 2 aromatic heterocycles. The molecular formula is C15H17N7S. The van der Waals surface area contributed by atoms with Crippen LogP contribution in [0.5, 0.6) is 0 Å². The minimum atomic E-state index is -0.0286. The monoisotopic (exact) mass is 327 g/mol. The van der Waals surface area contributed by atoms with E-state index in [1.165, 1.54) is 0 Å². The second kappa shape index (κ2) is 6.33. The Labute approximate surface area is 138 Å². The number of fused-ring (bicyclic) bond motifs is 1. The van der Waals surface area contributed by atoms with Gasteiger partial charge < -0.3 is 10.6 Å². The van der Waals surface area contributed by atoms with E-state index in [4.69, 9.17) is 5.73 Å². The van der Waals surface area contributed by atoms with Gasteiger partial charge in [-0.3, -0.25) is 0 Å². The molecule has 0 aliphatic carbocycles. The van der Waals surface area contributed by atoms with Crippen molar-refractivity contribution in [1.29, 1.82) is 0 Å². The van der Waals surface area contributed by atoms with Crippen LogP contribution in [0.1, 0.15) is 18.0 Å². The van der Waals surface area contributed by atoms with Crippen LogP contribution in [0.25, 0.3) is 10.8 Å². The van der Waals surface area contributed by atoms with Gasteiger partial charge in [0.15, 0.2) is 0 Å². The SMILES string of the molecule is CC(Sc1nncc2ccccc12)c1nc(N)nc(N(C)C)n1. The zero-order chi connectivity index (χ0) is 16.4. The molecule has 3 rings (SSSR count). The summed E-state index contributed by atoms with van der Waals surface area (Å²) in [5, 5.41) is 11.3. The number of nitrogens with zero attached hydrogens (tertiary/aromatic N) is 6. The molecule has 0 aliphatic rings. The number of anilines is 2. The largest absolute Gasteiger partial charge is 0.368 e. The van der Waals surface area contributed by atoms with Gasteiger partial charge in [-0.2, -0.15) is 20.1 Å². The van der Waals surface area contributed by atoms with Gasteiger partial charge in [0.1, 0.15) is 10.9 Å². The van der Waals surface area contributed by atoms with Gasteiger partial charge in [0.2, 0.25) is 11.9 Å². The highest BCUT2D eigenvalue weighted by Crippen LogP contribution is 2.35. The highest BCUT2D eigenvalue weighted by molar-refractivity contribution is 7.99. The molecule has 0 spiro atoms. The maximum absolute atomic E-state index is 5.79. The highest BCUT2D eigenvalue weighted by Gasteiger charge is 2.16. The van der Waals surface area contributed by atoms with Crippen LogP contribution in [0.3, 0.4) is 0 Å². The first kappa shape index (κ1) is 15.4. The Bertz CT molecular complexity index is 832. The summed E-state index contributed by atoms with van der Waals surface area (Å²) in [6.45, 7) is 2.02. The fraction of sp³-hybridized carbons (Fsp3) is 0.267. The quantitative estimate of drug-likeness (QED) is 0.730. The van der Waals surface area contributed by atoms with Crippen LogP contribution in [-0.2, 0) is 0 Å². The molecule has 3 aromatic rings. The van der Waals surface area contributed by atoms with E-state index in [2.05, 4.69) is 25.1 Å². The Morgan fingerprint density at radius 3 is 2.70 bits per heavy atom. The molecule has 0 amide bonds. The summed E-state index contributed by atoms with van der Waals surface area (Å²) in [5.41, 5.74) is 5.79. The molecule has 7 nitrogen and oxygen atoms in total. The first-order chi connectivity index (χ1) is 11.0. The van der Waals surface area contributed by atoms with Crippen molar-refractivity contribution in [2.24, 2.45) is 0 Å². The standard InChI is InChI=1S/C15H17N7S/c1-9(12-18-14(16)20-15(19-12)22(2)3)23-13-11-7-5-4-6-10(11)8-17-21-13/h4-9H,1-3H3,(H2,16,18,19,20). The summed E-state index contributed by atoms with van der Waals surface area (Å²) in [7, 11) is 3.74. The van der Waals surface area contributed by atoms with Gasteiger partial charge in [0, 0.05) is 24.9 Å². The van der Waals surface area contributed by atoms with Crippen molar-refractivity contribution in [3.63, 3.8) is 0 Å². The lowest BCUT2D eigenvalue weighted by atomic mass is 10.2. The number of rotatable bonds is 4. The molecule has 2 N–H and O–H groups in total. The van der Waals surface area contributed by atoms with E-state index in [9.17, 15) is 0 Å². The van der Waals surface area contributed by atoms with Gasteiger partial charge in [0.25, 0.3) is 0 Å². The zero-order valence-corrected chi connectivity index (χ0v) is 13.9. The predicted molar refractivity (Wildman–Crippen MR) is 92.4 cm³/mol. The number of benzene rings is 1. The molecular weight excluding hydrogens is 310 g/mol. The van der Waals surface area contributed by atoms with Crippen molar-refractivity contribution in [2.75, 3.05) is 24.7 Å². The fourth-order valence-corrected chi connectivity index (χ4v) is 3.04. The van der Waals surface area contributed by atoms with Crippen LogP contribution in [0.4, 0.5) is 11.9 Å². The summed E-state index contributed by atoms with van der Waals surface area (Å²) in [6, 6.07) is 8.03. The van der Waals surface area contributed by atoms with Crippen molar-refractivity contribution in [3.05, 3.63) is 36.3 Å². The summed E-state index contributed by atoms with van der Waals surface area (Å²) in [4.78, 5) is 14.6. The van der Waals surface area contributed by atoms with E-state index in [0.29, 0.717) is 11.8 Å². The van der Waals surface area contributed by atoms with Gasteiger partial charge in [-0.05, 0) is 6.92 Å². The van der Waals surface area contributed by atoms with Crippen molar-refractivity contribution >= 4 is 34.4 Å². The van der Waals surface area contributed by atoms with Crippen LogP contribution in [-0.4, -0.2) is 39.2 Å². The van der Waals surface area contributed by atoms with Crippen LogP contribution in [0.15, 0.2) is 35.5 Å². The van der Waals surface area contributed by atoms with Crippen molar-refractivity contribution in [2.45, 2.75) is 17.2 Å². The number of hydrogen-bond donors (Lipinski definition) is 1. The van der Waals surface area contributed by atoms with E-state index in [-0.39, 0.29) is 11.2 Å². The molecule has 23 heavy (non-hydrogen) atoms. The van der Waals surface area contributed by atoms with Crippen LogP contribution in [0.2, 0.25) is 0 Å². The molecule has 0 fully saturated rings. The Balaban J connectivity index is 1.93. The summed E-state index contributed by atoms with van der Waals surface area (Å²) >= 11 is 1.55. The molecule has 0 radical (unpaired) electrons. The van der Waals surface area contributed by atoms with Gasteiger partial charge in [-0.25, -0.2) is 0 Å². The van der Waals surface area contributed by atoms with E-state index in [1.54, 1.807) is 22.9 Å². The van der Waals surface area contributed by atoms with Crippen molar-refractivity contribution < 1.29 is 0 Å². The highest BCUT2D eigenvalue weighted by atomic mass is 32.2.